The van der Waals surface area contributed by atoms with E-state index in [-0.39, 0.29) is 28.3 Å². The minimum atomic E-state index is -4.54. The average molecular weight is 364 g/mol. The highest BCUT2D eigenvalue weighted by Crippen LogP contribution is 2.32. The highest BCUT2D eigenvalue weighted by molar-refractivity contribution is 6.08. The number of nitrogens with zero attached hydrogens (tertiary/aromatic N) is 1. The van der Waals surface area contributed by atoms with E-state index in [1.165, 1.54) is 37.3 Å². The Hall–Kier alpha value is -3.16. The number of amides is 1. The topological polar surface area (TPSA) is 55.1 Å². The largest absolute Gasteiger partial charge is 0.416 e. The standard InChI is InChI=1S/C18H12F4N2O2/c1-10-15(16(24-26-10)13-7-2-3-8-14(13)19)17(25)23-12-6-4-5-11(9-12)18(20,21)22/h2-9H,1H3,(H,23,25). The van der Waals surface area contributed by atoms with Crippen LogP contribution < -0.4 is 5.32 Å². The van der Waals surface area contributed by atoms with Gasteiger partial charge in [0, 0.05) is 11.3 Å². The van der Waals surface area contributed by atoms with E-state index in [2.05, 4.69) is 10.5 Å². The van der Waals surface area contributed by atoms with E-state index in [4.69, 9.17) is 4.52 Å². The number of aryl methyl sites for hydroxylation is 1. The van der Waals surface area contributed by atoms with Gasteiger partial charge in [-0.05, 0) is 37.3 Å². The number of halogens is 4. The van der Waals surface area contributed by atoms with E-state index in [9.17, 15) is 22.4 Å². The summed E-state index contributed by atoms with van der Waals surface area (Å²) < 4.78 is 57.4. The molecule has 0 saturated heterocycles. The lowest BCUT2D eigenvalue weighted by Gasteiger charge is -2.10. The summed E-state index contributed by atoms with van der Waals surface area (Å²) in [6.45, 7) is 1.46. The van der Waals surface area contributed by atoms with E-state index in [1.54, 1.807) is 6.07 Å². The molecular weight excluding hydrogens is 352 g/mol. The molecule has 0 bridgehead atoms. The van der Waals surface area contributed by atoms with E-state index in [0.717, 1.165) is 12.1 Å². The molecule has 0 spiro atoms. The van der Waals surface area contributed by atoms with Crippen molar-refractivity contribution in [3.05, 3.63) is 71.2 Å². The van der Waals surface area contributed by atoms with Crippen molar-refractivity contribution < 1.29 is 26.9 Å². The maximum Gasteiger partial charge on any atom is 0.416 e. The average Bonchev–Trinajstić information content (AvgIpc) is 2.96. The first-order valence-corrected chi connectivity index (χ1v) is 7.47. The molecule has 4 nitrogen and oxygen atoms in total. The summed E-state index contributed by atoms with van der Waals surface area (Å²) in [6, 6.07) is 9.87. The van der Waals surface area contributed by atoms with Crippen molar-refractivity contribution in [3.8, 4) is 11.3 Å². The highest BCUT2D eigenvalue weighted by Gasteiger charge is 2.31. The van der Waals surface area contributed by atoms with Crippen LogP contribution in [0.3, 0.4) is 0 Å². The molecule has 2 aromatic carbocycles. The molecule has 0 unspecified atom stereocenters. The predicted octanol–water partition coefficient (Wildman–Crippen LogP) is 5.06. The smallest absolute Gasteiger partial charge is 0.360 e. The van der Waals surface area contributed by atoms with Crippen LogP contribution in [0.5, 0.6) is 0 Å². The van der Waals surface area contributed by atoms with Gasteiger partial charge in [0.25, 0.3) is 5.91 Å². The van der Waals surface area contributed by atoms with Gasteiger partial charge in [0.05, 0.1) is 5.56 Å². The Morgan fingerprint density at radius 3 is 2.54 bits per heavy atom. The van der Waals surface area contributed by atoms with Crippen molar-refractivity contribution >= 4 is 11.6 Å². The van der Waals surface area contributed by atoms with E-state index in [1.807, 2.05) is 0 Å². The molecule has 1 aromatic heterocycles. The highest BCUT2D eigenvalue weighted by atomic mass is 19.4. The third-order valence-corrected chi connectivity index (χ3v) is 3.67. The number of aromatic nitrogens is 1. The van der Waals surface area contributed by atoms with E-state index < -0.39 is 23.5 Å². The van der Waals surface area contributed by atoms with Crippen molar-refractivity contribution in [2.75, 3.05) is 5.32 Å². The van der Waals surface area contributed by atoms with Gasteiger partial charge in [-0.1, -0.05) is 23.4 Å². The Labute approximate surface area is 145 Å². The van der Waals surface area contributed by atoms with E-state index in [0.29, 0.717) is 0 Å². The molecule has 0 aliphatic rings. The summed E-state index contributed by atoms with van der Waals surface area (Å²) in [4.78, 5) is 12.5. The zero-order valence-electron chi connectivity index (χ0n) is 13.4. The number of carbonyl (C=O) groups is 1. The fourth-order valence-corrected chi connectivity index (χ4v) is 2.44. The first-order chi connectivity index (χ1) is 12.3. The Morgan fingerprint density at radius 1 is 1.12 bits per heavy atom. The predicted molar refractivity (Wildman–Crippen MR) is 86.0 cm³/mol. The second-order valence-corrected chi connectivity index (χ2v) is 5.47. The molecular formula is C18H12F4N2O2. The molecule has 0 saturated carbocycles. The summed E-state index contributed by atoms with van der Waals surface area (Å²) in [5.74, 6) is -1.23. The molecule has 1 N–H and O–H groups in total. The van der Waals surface area contributed by atoms with Crippen LogP contribution in [0.4, 0.5) is 23.2 Å². The van der Waals surface area contributed by atoms with Gasteiger partial charge in [-0.25, -0.2) is 4.39 Å². The molecule has 8 heteroatoms. The molecule has 26 heavy (non-hydrogen) atoms. The van der Waals surface area contributed by atoms with Gasteiger partial charge in [0.1, 0.15) is 22.8 Å². The third kappa shape index (κ3) is 3.44. The molecule has 134 valence electrons. The number of carbonyl (C=O) groups excluding carboxylic acids is 1. The third-order valence-electron chi connectivity index (χ3n) is 3.67. The molecule has 0 fully saturated rings. The molecule has 3 rings (SSSR count). The number of alkyl halides is 3. The fraction of sp³-hybridized carbons (Fsp3) is 0.111. The minimum Gasteiger partial charge on any atom is -0.360 e. The van der Waals surface area contributed by atoms with Crippen LogP contribution >= 0.6 is 0 Å². The van der Waals surface area contributed by atoms with Gasteiger partial charge in [-0.15, -0.1) is 0 Å². The minimum absolute atomic E-state index is 0.0231. The summed E-state index contributed by atoms with van der Waals surface area (Å²) in [5, 5.41) is 6.08. The lowest BCUT2D eigenvalue weighted by Crippen LogP contribution is -2.14. The molecule has 3 aromatic rings. The number of hydrogen-bond acceptors (Lipinski definition) is 3. The van der Waals surface area contributed by atoms with Gasteiger partial charge in [0.15, 0.2) is 0 Å². The number of benzene rings is 2. The maximum absolute atomic E-state index is 14.0. The van der Waals surface area contributed by atoms with Crippen LogP contribution in [0.15, 0.2) is 53.1 Å². The van der Waals surface area contributed by atoms with Crippen LogP contribution in [0.2, 0.25) is 0 Å². The molecule has 1 heterocycles. The Kier molecular flexibility index (Phi) is 4.50. The normalized spacial score (nSPS) is 11.4. The summed E-state index contributed by atoms with van der Waals surface area (Å²) in [5.41, 5.74) is -0.965. The van der Waals surface area contributed by atoms with Gasteiger partial charge in [0.2, 0.25) is 0 Å². The number of anilines is 1. The van der Waals surface area contributed by atoms with Crippen molar-refractivity contribution in [3.63, 3.8) is 0 Å². The van der Waals surface area contributed by atoms with Crippen molar-refractivity contribution in [2.45, 2.75) is 13.1 Å². The Balaban J connectivity index is 1.95. The van der Waals surface area contributed by atoms with Crippen molar-refractivity contribution in [1.82, 2.24) is 5.16 Å². The molecule has 0 aliphatic carbocycles. The van der Waals surface area contributed by atoms with Crippen molar-refractivity contribution in [2.24, 2.45) is 0 Å². The van der Waals surface area contributed by atoms with Crippen LogP contribution in [0, 0.1) is 12.7 Å². The van der Waals surface area contributed by atoms with Gasteiger partial charge >= 0.3 is 6.18 Å². The fourth-order valence-electron chi connectivity index (χ4n) is 2.44. The lowest BCUT2D eigenvalue weighted by molar-refractivity contribution is -0.137. The number of hydrogen-bond donors (Lipinski definition) is 1. The van der Waals surface area contributed by atoms with Gasteiger partial charge in [-0.2, -0.15) is 13.2 Å². The second kappa shape index (κ2) is 6.62. The van der Waals surface area contributed by atoms with Gasteiger partial charge < -0.3 is 9.84 Å². The second-order valence-electron chi connectivity index (χ2n) is 5.47. The first-order valence-electron chi connectivity index (χ1n) is 7.47. The van der Waals surface area contributed by atoms with Crippen LogP contribution in [0.25, 0.3) is 11.3 Å². The maximum atomic E-state index is 14.0. The Morgan fingerprint density at radius 2 is 1.85 bits per heavy atom. The molecule has 0 radical (unpaired) electrons. The zero-order chi connectivity index (χ0) is 18.9. The monoisotopic (exact) mass is 364 g/mol. The molecule has 0 aliphatic heterocycles. The number of nitrogens with one attached hydrogen (secondary N) is 1. The van der Waals surface area contributed by atoms with Crippen LogP contribution in [-0.4, -0.2) is 11.1 Å². The van der Waals surface area contributed by atoms with Crippen molar-refractivity contribution in [1.29, 1.82) is 0 Å². The SMILES string of the molecule is Cc1onc(-c2ccccc2F)c1C(=O)Nc1cccc(C(F)(F)F)c1. The lowest BCUT2D eigenvalue weighted by atomic mass is 10.0. The Bertz CT molecular complexity index is 964. The zero-order valence-corrected chi connectivity index (χ0v) is 13.4. The number of rotatable bonds is 3. The van der Waals surface area contributed by atoms with Crippen LogP contribution in [-0.2, 0) is 6.18 Å². The quantitative estimate of drug-likeness (QED) is 0.661. The summed E-state index contributed by atoms with van der Waals surface area (Å²) in [6.07, 6.45) is -4.54. The molecule has 0 atom stereocenters. The molecule has 1 amide bonds. The van der Waals surface area contributed by atoms with Crippen LogP contribution in [0.1, 0.15) is 21.7 Å². The van der Waals surface area contributed by atoms with Gasteiger partial charge in [-0.3, -0.25) is 4.79 Å². The summed E-state index contributed by atoms with van der Waals surface area (Å²) >= 11 is 0. The van der Waals surface area contributed by atoms with E-state index >= 15 is 0 Å². The summed E-state index contributed by atoms with van der Waals surface area (Å²) in [7, 11) is 0. The first kappa shape index (κ1) is 17.7.